The van der Waals surface area contributed by atoms with E-state index in [-0.39, 0.29) is 12.5 Å². The maximum atomic E-state index is 11.7. The number of carbonyl (C=O) groups is 2. The zero-order chi connectivity index (χ0) is 12.8. The molecule has 1 amide bonds. The fourth-order valence-electron chi connectivity index (χ4n) is 1.43. The Balaban J connectivity index is 2.55. The van der Waals surface area contributed by atoms with E-state index in [0.29, 0.717) is 12.0 Å². The molecule has 0 fully saturated rings. The normalized spacial score (nSPS) is 11.9. The topological polar surface area (TPSA) is 66.4 Å². The zero-order valence-corrected chi connectivity index (χ0v) is 10.1. The molecule has 4 nitrogen and oxygen atoms in total. The van der Waals surface area contributed by atoms with Crippen molar-refractivity contribution >= 4 is 11.9 Å². The van der Waals surface area contributed by atoms with Crippen molar-refractivity contribution in [2.75, 3.05) is 6.54 Å². The van der Waals surface area contributed by atoms with Crippen LogP contribution in [0.25, 0.3) is 0 Å². The van der Waals surface area contributed by atoms with E-state index < -0.39 is 11.9 Å². The minimum Gasteiger partial charge on any atom is -0.481 e. The van der Waals surface area contributed by atoms with Gasteiger partial charge in [-0.1, -0.05) is 24.6 Å². The first-order valence-corrected chi connectivity index (χ1v) is 5.62. The van der Waals surface area contributed by atoms with Gasteiger partial charge in [0.2, 0.25) is 0 Å². The van der Waals surface area contributed by atoms with Crippen molar-refractivity contribution in [3.63, 3.8) is 0 Å². The molecule has 0 radical (unpaired) electrons. The van der Waals surface area contributed by atoms with Gasteiger partial charge in [0, 0.05) is 12.1 Å². The largest absolute Gasteiger partial charge is 0.481 e. The Labute approximate surface area is 101 Å². The SMILES string of the molecule is CCC(CNC(=O)c1ccc(C)cc1)C(=O)O. The molecule has 0 aliphatic carbocycles. The Morgan fingerprint density at radius 3 is 2.35 bits per heavy atom. The summed E-state index contributed by atoms with van der Waals surface area (Å²) in [4.78, 5) is 22.5. The van der Waals surface area contributed by atoms with Crippen LogP contribution in [0, 0.1) is 12.8 Å². The van der Waals surface area contributed by atoms with Crippen molar-refractivity contribution in [2.45, 2.75) is 20.3 Å². The fraction of sp³-hybridized carbons (Fsp3) is 0.385. The molecule has 1 atom stereocenters. The van der Waals surface area contributed by atoms with E-state index in [4.69, 9.17) is 5.11 Å². The van der Waals surface area contributed by atoms with Crippen LogP contribution in [-0.2, 0) is 4.79 Å². The van der Waals surface area contributed by atoms with Crippen LogP contribution >= 0.6 is 0 Å². The number of hydrogen-bond acceptors (Lipinski definition) is 2. The van der Waals surface area contributed by atoms with Crippen LogP contribution < -0.4 is 5.32 Å². The summed E-state index contributed by atoms with van der Waals surface area (Å²) in [6.45, 7) is 3.90. The van der Waals surface area contributed by atoms with Gasteiger partial charge < -0.3 is 10.4 Å². The molecule has 92 valence electrons. The highest BCUT2D eigenvalue weighted by atomic mass is 16.4. The lowest BCUT2D eigenvalue weighted by Gasteiger charge is -2.11. The van der Waals surface area contributed by atoms with E-state index in [9.17, 15) is 9.59 Å². The summed E-state index contributed by atoms with van der Waals surface area (Å²) in [5, 5.41) is 11.5. The van der Waals surface area contributed by atoms with E-state index in [2.05, 4.69) is 5.32 Å². The molecule has 17 heavy (non-hydrogen) atoms. The van der Waals surface area contributed by atoms with E-state index in [0.717, 1.165) is 5.56 Å². The number of nitrogens with one attached hydrogen (secondary N) is 1. The Hall–Kier alpha value is -1.84. The molecular formula is C13H17NO3. The van der Waals surface area contributed by atoms with Gasteiger partial charge in [-0.3, -0.25) is 9.59 Å². The van der Waals surface area contributed by atoms with Crippen LogP contribution in [0.1, 0.15) is 29.3 Å². The smallest absolute Gasteiger partial charge is 0.308 e. The number of carboxylic acids is 1. The van der Waals surface area contributed by atoms with Gasteiger partial charge in [0.15, 0.2) is 0 Å². The molecule has 1 aromatic carbocycles. The molecule has 1 rings (SSSR count). The molecule has 0 spiro atoms. The second kappa shape index (κ2) is 6.03. The van der Waals surface area contributed by atoms with Crippen molar-refractivity contribution in [3.05, 3.63) is 35.4 Å². The summed E-state index contributed by atoms with van der Waals surface area (Å²) in [6, 6.07) is 7.16. The first kappa shape index (κ1) is 13.2. The van der Waals surface area contributed by atoms with Crippen molar-refractivity contribution in [2.24, 2.45) is 5.92 Å². The Kier molecular flexibility index (Phi) is 4.69. The Bertz CT molecular complexity index is 398. The van der Waals surface area contributed by atoms with Gasteiger partial charge in [0.1, 0.15) is 0 Å². The summed E-state index contributed by atoms with van der Waals surface area (Å²) in [5.41, 5.74) is 1.63. The van der Waals surface area contributed by atoms with Gasteiger partial charge in [0.25, 0.3) is 5.91 Å². The highest BCUT2D eigenvalue weighted by molar-refractivity contribution is 5.94. The molecular weight excluding hydrogens is 218 g/mol. The lowest BCUT2D eigenvalue weighted by atomic mass is 10.1. The first-order chi connectivity index (χ1) is 8.04. The van der Waals surface area contributed by atoms with Gasteiger partial charge in [-0.15, -0.1) is 0 Å². The molecule has 0 aliphatic rings. The number of hydrogen-bond donors (Lipinski definition) is 2. The minimum absolute atomic E-state index is 0.165. The van der Waals surface area contributed by atoms with Crippen molar-refractivity contribution in [1.82, 2.24) is 5.32 Å². The molecule has 0 heterocycles. The average Bonchev–Trinajstić information content (AvgIpc) is 2.30. The molecule has 4 heteroatoms. The first-order valence-electron chi connectivity index (χ1n) is 5.62. The predicted octanol–water partition coefficient (Wildman–Crippen LogP) is 1.84. The number of benzene rings is 1. The summed E-state index contributed by atoms with van der Waals surface area (Å²) < 4.78 is 0. The van der Waals surface area contributed by atoms with Crippen LogP contribution in [0.2, 0.25) is 0 Å². The fourth-order valence-corrected chi connectivity index (χ4v) is 1.43. The van der Waals surface area contributed by atoms with E-state index >= 15 is 0 Å². The highest BCUT2D eigenvalue weighted by Gasteiger charge is 2.16. The van der Waals surface area contributed by atoms with Gasteiger partial charge in [-0.05, 0) is 25.5 Å². The Morgan fingerprint density at radius 2 is 1.88 bits per heavy atom. The summed E-state index contributed by atoms with van der Waals surface area (Å²) in [5.74, 6) is -1.63. The second-order valence-corrected chi connectivity index (χ2v) is 4.02. The molecule has 0 saturated carbocycles. The molecule has 1 unspecified atom stereocenters. The quantitative estimate of drug-likeness (QED) is 0.818. The number of rotatable bonds is 5. The minimum atomic E-state index is -0.878. The number of carboxylic acid groups (broad SMARTS) is 1. The maximum absolute atomic E-state index is 11.7. The third-order valence-corrected chi connectivity index (χ3v) is 2.66. The number of aryl methyl sites for hydroxylation is 1. The van der Waals surface area contributed by atoms with Crippen LogP contribution in [0.5, 0.6) is 0 Å². The van der Waals surface area contributed by atoms with E-state index in [1.807, 2.05) is 19.1 Å². The van der Waals surface area contributed by atoms with Crippen LogP contribution in [0.3, 0.4) is 0 Å². The van der Waals surface area contributed by atoms with Crippen molar-refractivity contribution < 1.29 is 14.7 Å². The maximum Gasteiger partial charge on any atom is 0.308 e. The van der Waals surface area contributed by atoms with Gasteiger partial charge in [0.05, 0.1) is 5.92 Å². The molecule has 0 saturated heterocycles. The molecule has 0 aliphatic heterocycles. The lowest BCUT2D eigenvalue weighted by Crippen LogP contribution is -2.32. The van der Waals surface area contributed by atoms with Gasteiger partial charge >= 0.3 is 5.97 Å². The molecule has 0 bridgehead atoms. The van der Waals surface area contributed by atoms with Crippen molar-refractivity contribution in [3.8, 4) is 0 Å². The second-order valence-electron chi connectivity index (χ2n) is 4.02. The number of carbonyl (C=O) groups excluding carboxylic acids is 1. The standard InChI is InChI=1S/C13H17NO3/c1-3-10(13(16)17)8-14-12(15)11-6-4-9(2)5-7-11/h4-7,10H,3,8H2,1-2H3,(H,14,15)(H,16,17). The lowest BCUT2D eigenvalue weighted by molar-refractivity contribution is -0.141. The average molecular weight is 235 g/mol. The molecule has 0 aromatic heterocycles. The number of aliphatic carboxylic acids is 1. The summed E-state index contributed by atoms with van der Waals surface area (Å²) >= 11 is 0. The predicted molar refractivity (Wildman–Crippen MR) is 64.9 cm³/mol. The van der Waals surface area contributed by atoms with Gasteiger partial charge in [-0.2, -0.15) is 0 Å². The summed E-state index contributed by atoms with van der Waals surface area (Å²) in [6.07, 6.45) is 0.503. The van der Waals surface area contributed by atoms with Crippen molar-refractivity contribution in [1.29, 1.82) is 0 Å². The van der Waals surface area contributed by atoms with Crippen LogP contribution in [-0.4, -0.2) is 23.5 Å². The molecule has 2 N–H and O–H groups in total. The Morgan fingerprint density at radius 1 is 1.29 bits per heavy atom. The van der Waals surface area contributed by atoms with Crippen LogP contribution in [0.4, 0.5) is 0 Å². The highest BCUT2D eigenvalue weighted by Crippen LogP contribution is 2.04. The van der Waals surface area contributed by atoms with Gasteiger partial charge in [-0.25, -0.2) is 0 Å². The number of amides is 1. The third kappa shape index (κ3) is 3.90. The van der Waals surface area contributed by atoms with E-state index in [1.54, 1.807) is 19.1 Å². The van der Waals surface area contributed by atoms with Crippen LogP contribution in [0.15, 0.2) is 24.3 Å². The molecule has 1 aromatic rings. The summed E-state index contributed by atoms with van der Waals surface area (Å²) in [7, 11) is 0. The van der Waals surface area contributed by atoms with E-state index in [1.165, 1.54) is 0 Å². The monoisotopic (exact) mass is 235 g/mol. The zero-order valence-electron chi connectivity index (χ0n) is 10.1. The third-order valence-electron chi connectivity index (χ3n) is 2.66.